The van der Waals surface area contributed by atoms with E-state index in [1.54, 1.807) is 18.2 Å². The van der Waals surface area contributed by atoms with Crippen molar-refractivity contribution in [3.05, 3.63) is 22.7 Å². The topological polar surface area (TPSA) is 87.7 Å². The van der Waals surface area contributed by atoms with Crippen molar-refractivity contribution >= 4 is 33.6 Å². The van der Waals surface area contributed by atoms with Crippen molar-refractivity contribution in [2.75, 3.05) is 12.4 Å². The first-order valence-electron chi connectivity index (χ1n) is 6.11. The summed E-state index contributed by atoms with van der Waals surface area (Å²) in [5.74, 6) is -0.460. The molecule has 0 aromatic heterocycles. The summed E-state index contributed by atoms with van der Waals surface area (Å²) in [6, 6.07) is 3.64. The second-order valence-corrected chi connectivity index (χ2v) is 4.98. The number of methoxy groups -OCH3 is 1. The smallest absolute Gasteiger partial charge is 0.326 e. The maximum absolute atomic E-state index is 11.8. The van der Waals surface area contributed by atoms with Crippen molar-refractivity contribution in [2.45, 2.75) is 25.8 Å². The molecule has 2 amide bonds. The van der Waals surface area contributed by atoms with E-state index >= 15 is 0 Å². The lowest BCUT2D eigenvalue weighted by Gasteiger charge is -2.15. The Bertz CT molecular complexity index is 493. The molecule has 0 aliphatic rings. The number of hydrogen-bond acceptors (Lipinski definition) is 3. The van der Waals surface area contributed by atoms with Gasteiger partial charge in [0.1, 0.15) is 11.8 Å². The Morgan fingerprint density at radius 3 is 2.70 bits per heavy atom. The average Bonchev–Trinajstić information content (AvgIpc) is 2.40. The molecular weight excluding hydrogens is 328 g/mol. The van der Waals surface area contributed by atoms with Crippen molar-refractivity contribution in [3.8, 4) is 5.75 Å². The Kier molecular flexibility index (Phi) is 6.30. The summed E-state index contributed by atoms with van der Waals surface area (Å²) >= 11 is 3.30. The minimum atomic E-state index is -1.05. The van der Waals surface area contributed by atoms with Crippen LogP contribution in [0.3, 0.4) is 0 Å². The maximum Gasteiger partial charge on any atom is 0.326 e. The van der Waals surface area contributed by atoms with Crippen LogP contribution in [0.15, 0.2) is 22.7 Å². The summed E-state index contributed by atoms with van der Waals surface area (Å²) in [4.78, 5) is 22.8. The first kappa shape index (κ1) is 16.3. The van der Waals surface area contributed by atoms with Crippen molar-refractivity contribution in [1.29, 1.82) is 0 Å². The number of hydrogen-bond donors (Lipinski definition) is 3. The number of halogens is 1. The number of amides is 2. The number of anilines is 1. The molecule has 3 N–H and O–H groups in total. The van der Waals surface area contributed by atoms with E-state index in [-0.39, 0.29) is 0 Å². The van der Waals surface area contributed by atoms with E-state index in [1.807, 2.05) is 6.92 Å². The third-order valence-electron chi connectivity index (χ3n) is 2.60. The van der Waals surface area contributed by atoms with Gasteiger partial charge in [-0.15, -0.1) is 0 Å². The van der Waals surface area contributed by atoms with Crippen LogP contribution in [-0.2, 0) is 4.79 Å². The number of carbonyl (C=O) groups is 2. The highest BCUT2D eigenvalue weighted by molar-refractivity contribution is 9.10. The summed E-state index contributed by atoms with van der Waals surface area (Å²) in [6.07, 6.45) is 1.04. The second-order valence-electron chi connectivity index (χ2n) is 4.12. The number of nitrogens with one attached hydrogen (secondary N) is 2. The molecule has 0 radical (unpaired) electrons. The lowest BCUT2D eigenvalue weighted by Crippen LogP contribution is -2.42. The fourth-order valence-corrected chi connectivity index (χ4v) is 1.94. The monoisotopic (exact) mass is 344 g/mol. The molecule has 0 spiro atoms. The van der Waals surface area contributed by atoms with Crippen LogP contribution in [0.5, 0.6) is 5.75 Å². The van der Waals surface area contributed by atoms with Crippen molar-refractivity contribution in [3.63, 3.8) is 0 Å². The van der Waals surface area contributed by atoms with Gasteiger partial charge in [-0.05, 0) is 34.5 Å². The van der Waals surface area contributed by atoms with Gasteiger partial charge in [0.15, 0.2) is 0 Å². The van der Waals surface area contributed by atoms with Crippen LogP contribution < -0.4 is 15.4 Å². The number of benzene rings is 1. The standard InChI is InChI=1S/C13H17BrN2O4/c1-3-4-10(12(17)18)15-13(19)16-11-7-8(20-2)5-6-9(11)14/h5-7,10H,3-4H2,1-2H3,(H,17,18)(H2,15,16,19)/t10-/m0/s1. The van der Waals surface area contributed by atoms with Gasteiger partial charge in [0.05, 0.1) is 12.8 Å². The number of carboxylic acids is 1. The van der Waals surface area contributed by atoms with Crippen LogP contribution in [0, 0.1) is 0 Å². The van der Waals surface area contributed by atoms with E-state index in [4.69, 9.17) is 9.84 Å². The van der Waals surface area contributed by atoms with Crippen LogP contribution in [0.1, 0.15) is 19.8 Å². The van der Waals surface area contributed by atoms with Crippen LogP contribution in [0.25, 0.3) is 0 Å². The van der Waals surface area contributed by atoms with Crippen molar-refractivity contribution in [2.24, 2.45) is 0 Å². The summed E-state index contributed by atoms with van der Waals surface area (Å²) in [5, 5.41) is 14.0. The van der Waals surface area contributed by atoms with Gasteiger partial charge in [0.25, 0.3) is 0 Å². The van der Waals surface area contributed by atoms with E-state index in [9.17, 15) is 9.59 Å². The summed E-state index contributed by atoms with van der Waals surface area (Å²) in [6.45, 7) is 1.86. The summed E-state index contributed by atoms with van der Waals surface area (Å²) in [7, 11) is 1.52. The molecule has 0 aliphatic carbocycles. The molecule has 6 nitrogen and oxygen atoms in total. The highest BCUT2D eigenvalue weighted by Gasteiger charge is 2.19. The molecule has 1 aromatic carbocycles. The molecule has 0 fully saturated rings. The van der Waals surface area contributed by atoms with Gasteiger partial charge >= 0.3 is 12.0 Å². The fourth-order valence-electron chi connectivity index (χ4n) is 1.59. The first-order valence-corrected chi connectivity index (χ1v) is 6.91. The first-order chi connectivity index (χ1) is 9.47. The zero-order chi connectivity index (χ0) is 15.1. The van der Waals surface area contributed by atoms with Crippen LogP contribution in [0.4, 0.5) is 10.5 Å². The number of aliphatic carboxylic acids is 1. The lowest BCUT2D eigenvalue weighted by molar-refractivity contribution is -0.139. The highest BCUT2D eigenvalue weighted by atomic mass is 79.9. The number of carbonyl (C=O) groups excluding carboxylic acids is 1. The fraction of sp³-hybridized carbons (Fsp3) is 0.385. The molecule has 0 saturated carbocycles. The molecule has 7 heteroatoms. The molecule has 0 heterocycles. The minimum absolute atomic E-state index is 0.377. The SMILES string of the molecule is CCC[C@H](NC(=O)Nc1cc(OC)ccc1Br)C(=O)O. The molecule has 110 valence electrons. The molecule has 20 heavy (non-hydrogen) atoms. The third kappa shape index (κ3) is 4.73. The molecule has 0 saturated heterocycles. The van der Waals surface area contributed by atoms with E-state index in [0.717, 1.165) is 0 Å². The van der Waals surface area contributed by atoms with Gasteiger partial charge < -0.3 is 20.5 Å². The Labute approximate surface area is 125 Å². The predicted molar refractivity (Wildman–Crippen MR) is 79.2 cm³/mol. The molecule has 1 aromatic rings. The highest BCUT2D eigenvalue weighted by Crippen LogP contribution is 2.26. The number of ether oxygens (including phenoxy) is 1. The number of urea groups is 1. The van der Waals surface area contributed by atoms with Crippen molar-refractivity contribution < 1.29 is 19.4 Å². The third-order valence-corrected chi connectivity index (χ3v) is 3.29. The summed E-state index contributed by atoms with van der Waals surface area (Å²) < 4.78 is 5.74. The summed E-state index contributed by atoms with van der Waals surface area (Å²) in [5.41, 5.74) is 0.502. The Hall–Kier alpha value is -1.76. The van der Waals surface area contributed by atoms with Gasteiger partial charge in [-0.2, -0.15) is 0 Å². The lowest BCUT2D eigenvalue weighted by atomic mass is 10.2. The second kappa shape index (κ2) is 7.74. The molecule has 0 aliphatic heterocycles. The van der Waals surface area contributed by atoms with Crippen molar-refractivity contribution in [1.82, 2.24) is 5.32 Å². The molecule has 0 unspecified atom stereocenters. The van der Waals surface area contributed by atoms with E-state index in [0.29, 0.717) is 28.8 Å². The Balaban J connectivity index is 2.72. The van der Waals surface area contributed by atoms with Crippen LogP contribution in [-0.4, -0.2) is 30.3 Å². The van der Waals surface area contributed by atoms with Gasteiger partial charge in [0, 0.05) is 10.5 Å². The molecular formula is C13H17BrN2O4. The average molecular weight is 345 g/mol. The van der Waals surface area contributed by atoms with Gasteiger partial charge in [-0.25, -0.2) is 9.59 Å². The van der Waals surface area contributed by atoms with Crippen LogP contribution >= 0.6 is 15.9 Å². The number of rotatable bonds is 6. The predicted octanol–water partition coefficient (Wildman–Crippen LogP) is 2.83. The maximum atomic E-state index is 11.8. The van der Waals surface area contributed by atoms with Crippen LogP contribution in [0.2, 0.25) is 0 Å². The van der Waals surface area contributed by atoms with E-state index in [1.165, 1.54) is 7.11 Å². The quantitative estimate of drug-likeness (QED) is 0.740. The van der Waals surface area contributed by atoms with Gasteiger partial charge in [-0.3, -0.25) is 0 Å². The van der Waals surface area contributed by atoms with Gasteiger partial charge in [-0.1, -0.05) is 13.3 Å². The largest absolute Gasteiger partial charge is 0.497 e. The molecule has 0 bridgehead atoms. The zero-order valence-electron chi connectivity index (χ0n) is 11.3. The minimum Gasteiger partial charge on any atom is -0.497 e. The van der Waals surface area contributed by atoms with E-state index < -0.39 is 18.0 Å². The Morgan fingerprint density at radius 1 is 1.45 bits per heavy atom. The Morgan fingerprint density at radius 2 is 2.15 bits per heavy atom. The zero-order valence-corrected chi connectivity index (χ0v) is 12.9. The van der Waals surface area contributed by atoms with E-state index in [2.05, 4.69) is 26.6 Å². The molecule has 1 rings (SSSR count). The van der Waals surface area contributed by atoms with Gasteiger partial charge in [0.2, 0.25) is 0 Å². The molecule has 1 atom stereocenters. The normalized spacial score (nSPS) is 11.6. The number of carboxylic acid groups (broad SMARTS) is 1.